The molecule has 17 heavy (non-hydrogen) atoms. The Bertz CT molecular complexity index is 544. The number of carbonyl (C=O) groups excluding carboxylic acids is 1. The first-order valence-electron chi connectivity index (χ1n) is 5.47. The van der Waals surface area contributed by atoms with Gasteiger partial charge in [0.15, 0.2) is 5.65 Å². The Kier molecular flexibility index (Phi) is 3.49. The van der Waals surface area contributed by atoms with Gasteiger partial charge in [0.2, 0.25) is 5.91 Å². The van der Waals surface area contributed by atoms with Crippen LogP contribution in [0.15, 0.2) is 30.7 Å². The lowest BCUT2D eigenvalue weighted by molar-refractivity contribution is -0.118. The summed E-state index contributed by atoms with van der Waals surface area (Å²) >= 11 is 0. The molecule has 0 saturated heterocycles. The van der Waals surface area contributed by atoms with E-state index in [-0.39, 0.29) is 5.91 Å². The van der Waals surface area contributed by atoms with E-state index >= 15 is 0 Å². The highest BCUT2D eigenvalue weighted by Gasteiger charge is 1.99. The molecule has 0 bridgehead atoms. The summed E-state index contributed by atoms with van der Waals surface area (Å²) in [5, 5.41) is 6.92. The largest absolute Gasteiger partial charge is 0.356 e. The zero-order chi connectivity index (χ0) is 12.1. The fourth-order valence-electron chi connectivity index (χ4n) is 1.50. The average molecular weight is 230 g/mol. The summed E-state index contributed by atoms with van der Waals surface area (Å²) in [7, 11) is 0. The van der Waals surface area contributed by atoms with E-state index in [2.05, 4.69) is 15.4 Å². The summed E-state index contributed by atoms with van der Waals surface area (Å²) in [6.45, 7) is 2.16. The Morgan fingerprint density at radius 3 is 3.29 bits per heavy atom. The number of aromatic nitrogens is 3. The standard InChI is InChI=1S/C12H14N4O/c1-10(17)13-6-3-2-5-11-9-15-16-8-4-7-14-12(11)16/h2,4-5,7-9H,3,6H2,1H3,(H,13,17). The van der Waals surface area contributed by atoms with Crippen molar-refractivity contribution in [2.45, 2.75) is 13.3 Å². The number of fused-ring (bicyclic) bond motifs is 1. The van der Waals surface area contributed by atoms with E-state index in [1.165, 1.54) is 6.92 Å². The third kappa shape index (κ3) is 2.90. The van der Waals surface area contributed by atoms with Gasteiger partial charge in [-0.3, -0.25) is 4.79 Å². The smallest absolute Gasteiger partial charge is 0.216 e. The number of amides is 1. The molecule has 5 nitrogen and oxygen atoms in total. The maximum absolute atomic E-state index is 10.7. The quantitative estimate of drug-likeness (QED) is 0.805. The monoisotopic (exact) mass is 230 g/mol. The van der Waals surface area contributed by atoms with Crippen LogP contribution in [0.25, 0.3) is 11.7 Å². The predicted octanol–water partition coefficient (Wildman–Crippen LogP) is 1.27. The van der Waals surface area contributed by atoms with Crippen LogP contribution in [0.1, 0.15) is 18.9 Å². The van der Waals surface area contributed by atoms with E-state index in [1.54, 1.807) is 16.9 Å². The average Bonchev–Trinajstić information content (AvgIpc) is 2.72. The normalized spacial score (nSPS) is 11.1. The van der Waals surface area contributed by atoms with Crippen molar-refractivity contribution in [1.29, 1.82) is 0 Å². The van der Waals surface area contributed by atoms with Gasteiger partial charge in [-0.15, -0.1) is 0 Å². The van der Waals surface area contributed by atoms with Crippen LogP contribution in [0.5, 0.6) is 0 Å². The molecule has 2 aromatic heterocycles. The third-order valence-corrected chi connectivity index (χ3v) is 2.29. The molecule has 0 aliphatic heterocycles. The number of carbonyl (C=O) groups is 1. The fraction of sp³-hybridized carbons (Fsp3) is 0.250. The molecule has 0 fully saturated rings. The lowest BCUT2D eigenvalue weighted by Crippen LogP contribution is -2.20. The minimum atomic E-state index is -0.00366. The van der Waals surface area contributed by atoms with Gasteiger partial charge < -0.3 is 5.32 Å². The van der Waals surface area contributed by atoms with Gasteiger partial charge in [-0.05, 0) is 12.5 Å². The minimum Gasteiger partial charge on any atom is -0.356 e. The number of nitrogens with one attached hydrogen (secondary N) is 1. The Morgan fingerprint density at radius 2 is 2.47 bits per heavy atom. The van der Waals surface area contributed by atoms with E-state index in [1.807, 2.05) is 24.4 Å². The highest BCUT2D eigenvalue weighted by Crippen LogP contribution is 2.08. The fourth-order valence-corrected chi connectivity index (χ4v) is 1.50. The third-order valence-electron chi connectivity index (χ3n) is 2.29. The second kappa shape index (κ2) is 5.25. The molecule has 0 unspecified atom stereocenters. The van der Waals surface area contributed by atoms with Gasteiger partial charge in [0.25, 0.3) is 0 Å². The van der Waals surface area contributed by atoms with Gasteiger partial charge in [-0.1, -0.05) is 12.2 Å². The van der Waals surface area contributed by atoms with Crippen molar-refractivity contribution in [2.75, 3.05) is 6.54 Å². The lowest BCUT2D eigenvalue weighted by atomic mass is 10.2. The van der Waals surface area contributed by atoms with Crippen LogP contribution >= 0.6 is 0 Å². The molecule has 1 amide bonds. The van der Waals surface area contributed by atoms with Crippen LogP contribution in [-0.4, -0.2) is 27.0 Å². The molecule has 0 atom stereocenters. The van der Waals surface area contributed by atoms with Crippen LogP contribution < -0.4 is 5.32 Å². The SMILES string of the molecule is CC(=O)NCCC=Cc1cnn2cccnc12. The first-order valence-corrected chi connectivity index (χ1v) is 5.47. The summed E-state index contributed by atoms with van der Waals surface area (Å²) in [5.41, 5.74) is 1.82. The molecule has 0 aromatic carbocycles. The van der Waals surface area contributed by atoms with Gasteiger partial charge in [0, 0.05) is 31.4 Å². The topological polar surface area (TPSA) is 59.3 Å². The van der Waals surface area contributed by atoms with Gasteiger partial charge >= 0.3 is 0 Å². The number of hydrogen-bond donors (Lipinski definition) is 1. The first kappa shape index (κ1) is 11.3. The molecule has 2 heterocycles. The van der Waals surface area contributed by atoms with Crippen molar-refractivity contribution in [3.63, 3.8) is 0 Å². The maximum Gasteiger partial charge on any atom is 0.216 e. The number of hydrogen-bond acceptors (Lipinski definition) is 3. The number of nitrogens with zero attached hydrogens (tertiary/aromatic N) is 3. The summed E-state index contributed by atoms with van der Waals surface area (Å²) < 4.78 is 1.73. The van der Waals surface area contributed by atoms with Crippen molar-refractivity contribution >= 4 is 17.6 Å². The molecular weight excluding hydrogens is 216 g/mol. The maximum atomic E-state index is 10.7. The molecule has 0 aliphatic carbocycles. The molecule has 2 rings (SSSR count). The Balaban J connectivity index is 1.98. The predicted molar refractivity (Wildman–Crippen MR) is 65.3 cm³/mol. The van der Waals surface area contributed by atoms with Gasteiger partial charge in [-0.25, -0.2) is 9.50 Å². The highest BCUT2D eigenvalue weighted by molar-refractivity contribution is 5.72. The second-order valence-corrected chi connectivity index (χ2v) is 3.66. The molecule has 1 N–H and O–H groups in total. The minimum absolute atomic E-state index is 0.00366. The Morgan fingerprint density at radius 1 is 1.59 bits per heavy atom. The molecule has 5 heteroatoms. The van der Waals surface area contributed by atoms with Gasteiger partial charge in [-0.2, -0.15) is 5.10 Å². The molecule has 0 radical (unpaired) electrons. The molecule has 2 aromatic rings. The van der Waals surface area contributed by atoms with Crippen molar-refractivity contribution in [3.8, 4) is 0 Å². The van der Waals surface area contributed by atoms with Crippen LogP contribution in [0.4, 0.5) is 0 Å². The molecule has 0 aliphatic rings. The summed E-state index contributed by atoms with van der Waals surface area (Å²) in [6, 6.07) is 1.84. The molecular formula is C12H14N4O. The summed E-state index contributed by atoms with van der Waals surface area (Å²) in [6.07, 6.45) is 10.1. The van der Waals surface area contributed by atoms with Crippen molar-refractivity contribution < 1.29 is 4.79 Å². The van der Waals surface area contributed by atoms with E-state index in [9.17, 15) is 4.79 Å². The number of rotatable bonds is 4. The van der Waals surface area contributed by atoms with E-state index in [0.717, 1.165) is 17.6 Å². The van der Waals surface area contributed by atoms with Crippen LogP contribution in [-0.2, 0) is 4.79 Å². The van der Waals surface area contributed by atoms with Crippen LogP contribution in [0.2, 0.25) is 0 Å². The Labute approximate surface area is 99.2 Å². The zero-order valence-corrected chi connectivity index (χ0v) is 9.63. The van der Waals surface area contributed by atoms with Crippen molar-refractivity contribution in [1.82, 2.24) is 19.9 Å². The van der Waals surface area contributed by atoms with Gasteiger partial charge in [0.05, 0.1) is 6.20 Å². The zero-order valence-electron chi connectivity index (χ0n) is 9.63. The van der Waals surface area contributed by atoms with Gasteiger partial charge in [0.1, 0.15) is 0 Å². The molecule has 88 valence electrons. The Hall–Kier alpha value is -2.17. The van der Waals surface area contributed by atoms with Crippen molar-refractivity contribution in [3.05, 3.63) is 36.3 Å². The second-order valence-electron chi connectivity index (χ2n) is 3.66. The lowest BCUT2D eigenvalue weighted by Gasteiger charge is -1.96. The molecule has 0 spiro atoms. The van der Waals surface area contributed by atoms with Crippen molar-refractivity contribution in [2.24, 2.45) is 0 Å². The van der Waals surface area contributed by atoms with Crippen LogP contribution in [0.3, 0.4) is 0 Å². The van der Waals surface area contributed by atoms with Crippen LogP contribution in [0, 0.1) is 0 Å². The van der Waals surface area contributed by atoms with E-state index in [0.29, 0.717) is 6.54 Å². The first-order chi connectivity index (χ1) is 8.27. The summed E-state index contributed by atoms with van der Waals surface area (Å²) in [5.74, 6) is -0.00366. The van der Waals surface area contributed by atoms with E-state index in [4.69, 9.17) is 0 Å². The molecule has 0 saturated carbocycles. The highest BCUT2D eigenvalue weighted by atomic mass is 16.1. The van der Waals surface area contributed by atoms with E-state index < -0.39 is 0 Å². The summed E-state index contributed by atoms with van der Waals surface area (Å²) in [4.78, 5) is 14.9.